The Morgan fingerprint density at radius 2 is 2.19 bits per heavy atom. The molecule has 1 heterocycles. The van der Waals surface area contributed by atoms with Crippen LogP contribution in [-0.2, 0) is 0 Å². The van der Waals surface area contributed by atoms with Crippen LogP contribution in [0.2, 0.25) is 5.02 Å². The van der Waals surface area contributed by atoms with Gasteiger partial charge in [0, 0.05) is 23.6 Å². The highest BCUT2D eigenvalue weighted by Crippen LogP contribution is 2.26. The number of fused-ring (bicyclic) bond motifs is 1. The molecule has 1 aromatic carbocycles. The van der Waals surface area contributed by atoms with Crippen LogP contribution in [0.4, 0.5) is 0 Å². The number of hydrogen-bond acceptors (Lipinski definition) is 1. The monoisotopic (exact) mass is 235 g/mol. The van der Waals surface area contributed by atoms with Gasteiger partial charge in [-0.3, -0.25) is 4.79 Å². The van der Waals surface area contributed by atoms with E-state index in [-0.39, 0.29) is 5.78 Å². The summed E-state index contributed by atoms with van der Waals surface area (Å²) < 4.78 is 0. The molecular formula is C13H14ClNO. The zero-order valence-corrected chi connectivity index (χ0v) is 10.1. The number of carbonyl (C=O) groups excluding carboxylic acids is 1. The molecule has 0 saturated heterocycles. The van der Waals surface area contributed by atoms with Crippen molar-refractivity contribution in [2.24, 2.45) is 5.92 Å². The van der Waals surface area contributed by atoms with Crippen molar-refractivity contribution in [3.05, 3.63) is 35.0 Å². The standard InChI is InChI=1S/C13H14ClNO/c1-8(2)6-12(16)10-7-15-13-9(10)4-3-5-11(13)14/h3-5,7-8,15H,6H2,1-2H3. The van der Waals surface area contributed by atoms with Crippen molar-refractivity contribution >= 4 is 28.3 Å². The number of aromatic nitrogens is 1. The van der Waals surface area contributed by atoms with Crippen molar-refractivity contribution in [3.63, 3.8) is 0 Å². The average molecular weight is 236 g/mol. The van der Waals surface area contributed by atoms with Gasteiger partial charge in [0.2, 0.25) is 0 Å². The van der Waals surface area contributed by atoms with Gasteiger partial charge in [0.15, 0.2) is 5.78 Å². The van der Waals surface area contributed by atoms with Gasteiger partial charge in [0.25, 0.3) is 0 Å². The minimum Gasteiger partial charge on any atom is -0.359 e. The highest BCUT2D eigenvalue weighted by Gasteiger charge is 2.14. The van der Waals surface area contributed by atoms with Gasteiger partial charge in [-0.1, -0.05) is 37.6 Å². The molecule has 2 rings (SSSR count). The Morgan fingerprint density at radius 3 is 2.88 bits per heavy atom. The lowest BCUT2D eigenvalue weighted by molar-refractivity contribution is 0.0969. The van der Waals surface area contributed by atoms with Crippen molar-refractivity contribution in [1.29, 1.82) is 0 Å². The Labute approximate surface area is 99.6 Å². The Morgan fingerprint density at radius 1 is 1.44 bits per heavy atom. The molecule has 0 radical (unpaired) electrons. The summed E-state index contributed by atoms with van der Waals surface area (Å²) in [5, 5.41) is 1.57. The Kier molecular flexibility index (Phi) is 3.01. The van der Waals surface area contributed by atoms with E-state index in [9.17, 15) is 4.79 Å². The molecule has 2 aromatic rings. The lowest BCUT2D eigenvalue weighted by Crippen LogP contribution is -2.02. The molecule has 2 nitrogen and oxygen atoms in total. The van der Waals surface area contributed by atoms with Crippen LogP contribution in [0, 0.1) is 5.92 Å². The number of ketones is 1. The molecule has 0 aliphatic heterocycles. The van der Waals surface area contributed by atoms with Crippen LogP contribution in [0.5, 0.6) is 0 Å². The molecule has 0 spiro atoms. The van der Waals surface area contributed by atoms with E-state index >= 15 is 0 Å². The van der Waals surface area contributed by atoms with Crippen LogP contribution in [0.3, 0.4) is 0 Å². The Balaban J connectivity index is 2.46. The first-order valence-electron chi connectivity index (χ1n) is 5.38. The van der Waals surface area contributed by atoms with Crippen molar-refractivity contribution in [3.8, 4) is 0 Å². The highest BCUT2D eigenvalue weighted by molar-refractivity contribution is 6.35. The quantitative estimate of drug-likeness (QED) is 0.800. The zero-order valence-electron chi connectivity index (χ0n) is 9.38. The first kappa shape index (κ1) is 11.2. The molecule has 0 saturated carbocycles. The third-order valence-corrected chi connectivity index (χ3v) is 2.87. The molecule has 1 N–H and O–H groups in total. The number of H-pyrrole nitrogens is 1. The van der Waals surface area contributed by atoms with Crippen molar-refractivity contribution in [2.75, 3.05) is 0 Å². The van der Waals surface area contributed by atoms with E-state index in [0.29, 0.717) is 17.4 Å². The second-order valence-electron chi connectivity index (χ2n) is 4.39. The molecule has 0 aliphatic carbocycles. The first-order valence-corrected chi connectivity index (χ1v) is 5.76. The fourth-order valence-electron chi connectivity index (χ4n) is 1.83. The van der Waals surface area contributed by atoms with Crippen LogP contribution >= 0.6 is 11.6 Å². The summed E-state index contributed by atoms with van der Waals surface area (Å²) in [6.07, 6.45) is 2.32. The third-order valence-electron chi connectivity index (χ3n) is 2.56. The number of hydrogen-bond donors (Lipinski definition) is 1. The van der Waals surface area contributed by atoms with Gasteiger partial charge in [-0.2, -0.15) is 0 Å². The lowest BCUT2D eigenvalue weighted by Gasteiger charge is -2.02. The Bertz CT molecular complexity index is 528. The minimum absolute atomic E-state index is 0.170. The molecule has 0 atom stereocenters. The molecule has 3 heteroatoms. The maximum Gasteiger partial charge on any atom is 0.165 e. The van der Waals surface area contributed by atoms with Crippen LogP contribution < -0.4 is 0 Å². The topological polar surface area (TPSA) is 32.9 Å². The summed E-state index contributed by atoms with van der Waals surface area (Å²) in [4.78, 5) is 15.0. The molecule has 0 fully saturated rings. The van der Waals surface area contributed by atoms with E-state index in [1.165, 1.54) is 0 Å². The number of nitrogens with one attached hydrogen (secondary N) is 1. The molecule has 84 valence electrons. The van der Waals surface area contributed by atoms with Crippen LogP contribution in [0.25, 0.3) is 10.9 Å². The molecule has 1 aromatic heterocycles. The van der Waals surface area contributed by atoms with E-state index in [2.05, 4.69) is 4.98 Å². The maximum absolute atomic E-state index is 12.0. The van der Waals surface area contributed by atoms with Crippen LogP contribution in [-0.4, -0.2) is 10.8 Å². The SMILES string of the molecule is CC(C)CC(=O)c1c[nH]c2c(Cl)cccc12. The van der Waals surface area contributed by atoms with Crippen LogP contribution in [0.15, 0.2) is 24.4 Å². The molecule has 0 bridgehead atoms. The van der Waals surface area contributed by atoms with E-state index in [1.807, 2.05) is 32.0 Å². The van der Waals surface area contributed by atoms with Crippen LogP contribution in [0.1, 0.15) is 30.6 Å². The fraction of sp³-hybridized carbons (Fsp3) is 0.308. The van der Waals surface area contributed by atoms with Gasteiger partial charge in [-0.05, 0) is 12.0 Å². The highest BCUT2D eigenvalue weighted by atomic mass is 35.5. The molecule has 0 amide bonds. The van der Waals surface area contributed by atoms with E-state index in [1.54, 1.807) is 6.20 Å². The molecule has 0 unspecified atom stereocenters. The summed E-state index contributed by atoms with van der Waals surface area (Å²) in [6.45, 7) is 4.08. The van der Waals surface area contributed by atoms with Crippen molar-refractivity contribution in [1.82, 2.24) is 4.98 Å². The summed E-state index contributed by atoms with van der Waals surface area (Å²) >= 11 is 6.04. The average Bonchev–Trinajstić information content (AvgIpc) is 2.61. The van der Waals surface area contributed by atoms with Gasteiger partial charge in [0.05, 0.1) is 10.5 Å². The minimum atomic E-state index is 0.170. The predicted molar refractivity (Wildman–Crippen MR) is 67.1 cm³/mol. The number of halogens is 1. The number of rotatable bonds is 3. The second kappa shape index (κ2) is 4.30. The summed E-state index contributed by atoms with van der Waals surface area (Å²) in [6, 6.07) is 5.60. The zero-order chi connectivity index (χ0) is 11.7. The largest absolute Gasteiger partial charge is 0.359 e. The normalized spacial score (nSPS) is 11.2. The van der Waals surface area contributed by atoms with E-state index < -0.39 is 0 Å². The molecular weight excluding hydrogens is 222 g/mol. The summed E-state index contributed by atoms with van der Waals surface area (Å²) in [5.41, 5.74) is 1.59. The fourth-order valence-corrected chi connectivity index (χ4v) is 2.06. The third kappa shape index (κ3) is 1.98. The van der Waals surface area contributed by atoms with Gasteiger partial charge < -0.3 is 4.98 Å². The van der Waals surface area contributed by atoms with Gasteiger partial charge in [0.1, 0.15) is 0 Å². The summed E-state index contributed by atoms with van der Waals surface area (Å²) in [7, 11) is 0. The first-order chi connectivity index (χ1) is 7.59. The summed E-state index contributed by atoms with van der Waals surface area (Å²) in [5.74, 6) is 0.542. The smallest absolute Gasteiger partial charge is 0.165 e. The Hall–Kier alpha value is -1.28. The van der Waals surface area contributed by atoms with Gasteiger partial charge >= 0.3 is 0 Å². The van der Waals surface area contributed by atoms with E-state index in [4.69, 9.17) is 11.6 Å². The molecule has 0 aliphatic rings. The maximum atomic E-state index is 12.0. The predicted octanol–water partition coefficient (Wildman–Crippen LogP) is 4.05. The lowest BCUT2D eigenvalue weighted by atomic mass is 10.0. The van der Waals surface area contributed by atoms with E-state index in [0.717, 1.165) is 16.5 Å². The number of para-hydroxylation sites is 1. The second-order valence-corrected chi connectivity index (χ2v) is 4.79. The van der Waals surface area contributed by atoms with Gasteiger partial charge in [-0.25, -0.2) is 0 Å². The number of carbonyl (C=O) groups is 1. The van der Waals surface area contributed by atoms with Crippen molar-refractivity contribution < 1.29 is 4.79 Å². The number of aromatic amines is 1. The van der Waals surface area contributed by atoms with Gasteiger partial charge in [-0.15, -0.1) is 0 Å². The number of benzene rings is 1. The van der Waals surface area contributed by atoms with Crippen molar-refractivity contribution in [2.45, 2.75) is 20.3 Å². The number of Topliss-reactive ketones (excluding diaryl/α,β-unsaturated/α-hetero) is 1. The molecule has 16 heavy (non-hydrogen) atoms.